The van der Waals surface area contributed by atoms with Gasteiger partial charge in [-0.05, 0) is 61.7 Å². The molecule has 0 radical (unpaired) electrons. The minimum Gasteiger partial charge on any atom is -0.489 e. The summed E-state index contributed by atoms with van der Waals surface area (Å²) in [5, 5.41) is 5.96. The molecule has 0 bridgehead atoms. The van der Waals surface area contributed by atoms with Gasteiger partial charge in [-0.25, -0.2) is 22.3 Å². The zero-order chi connectivity index (χ0) is 26.9. The van der Waals surface area contributed by atoms with Crippen LogP contribution in [0.1, 0.15) is 13.8 Å². The number of hydrogen-bond donors (Lipinski definition) is 3. The third kappa shape index (κ3) is 5.71. The minimum atomic E-state index is -4.13. The van der Waals surface area contributed by atoms with Gasteiger partial charge in [0.15, 0.2) is 0 Å². The number of thiophene rings is 1. The second-order valence-electron chi connectivity index (χ2n) is 8.13. The summed E-state index contributed by atoms with van der Waals surface area (Å²) in [6.45, 7) is 3.54. The van der Waals surface area contributed by atoms with Crippen LogP contribution in [-0.2, 0) is 10.0 Å². The van der Waals surface area contributed by atoms with E-state index in [1.165, 1.54) is 34.9 Å². The van der Waals surface area contributed by atoms with Gasteiger partial charge < -0.3 is 15.4 Å². The van der Waals surface area contributed by atoms with E-state index in [9.17, 15) is 22.4 Å². The molecular weight excluding hydrogens is 543 g/mol. The highest BCUT2D eigenvalue weighted by Gasteiger charge is 2.21. The highest BCUT2D eigenvalue weighted by atomic mass is 35.5. The number of aromatic nitrogens is 1. The van der Waals surface area contributed by atoms with E-state index in [2.05, 4.69) is 10.6 Å². The van der Waals surface area contributed by atoms with Crippen LogP contribution in [0.3, 0.4) is 0 Å². The van der Waals surface area contributed by atoms with E-state index >= 15 is 0 Å². The molecule has 0 aliphatic rings. The number of carbonyl (C=O) groups is 1. The highest BCUT2D eigenvalue weighted by Crippen LogP contribution is 2.30. The van der Waals surface area contributed by atoms with Crippen molar-refractivity contribution in [3.63, 3.8) is 0 Å². The van der Waals surface area contributed by atoms with Crippen LogP contribution in [0, 0.1) is 5.82 Å². The van der Waals surface area contributed by atoms with E-state index < -0.39 is 27.4 Å². The molecule has 0 aliphatic carbocycles. The fourth-order valence-corrected chi connectivity index (χ4v) is 5.93. The van der Waals surface area contributed by atoms with Crippen LogP contribution in [0.15, 0.2) is 63.7 Å². The van der Waals surface area contributed by atoms with Crippen LogP contribution < -0.4 is 25.7 Å². The summed E-state index contributed by atoms with van der Waals surface area (Å²) in [4.78, 5) is 25.7. The number of ether oxygens (including phenoxy) is 1. The number of nitrogens with one attached hydrogen (secondary N) is 3. The van der Waals surface area contributed by atoms with Crippen molar-refractivity contribution in [2.45, 2.75) is 24.2 Å². The number of hydrogen-bond acceptors (Lipinski definition) is 7. The summed E-state index contributed by atoms with van der Waals surface area (Å²) in [6, 6.07) is 10.6. The van der Waals surface area contributed by atoms with Crippen LogP contribution in [-0.4, -0.2) is 32.2 Å². The number of anilines is 2. The minimum absolute atomic E-state index is 0.115. The molecule has 2 amide bonds. The van der Waals surface area contributed by atoms with Gasteiger partial charge in [0.05, 0.1) is 32.9 Å². The van der Waals surface area contributed by atoms with Crippen molar-refractivity contribution in [2.75, 3.05) is 17.7 Å². The molecule has 0 atom stereocenters. The lowest BCUT2D eigenvalue weighted by molar-refractivity contribution is 0.242. The number of fused-ring (bicyclic) bond motifs is 1. The largest absolute Gasteiger partial charge is 0.489 e. The predicted octanol–water partition coefficient (Wildman–Crippen LogP) is 5.18. The first kappa shape index (κ1) is 26.5. The standard InChI is InChI=1S/C24H22ClFN4O5S2/c1-13(2)35-20-11-15(30-9-8-14-10-19(27-3)17(26)12-16(14)23(30)31)4-5-18(20)28-24(32)29-37(33,34)22-7-6-21(25)36-22/h4-13,27H,1-3H3,(H2,28,29,32). The Morgan fingerprint density at radius 3 is 2.51 bits per heavy atom. The van der Waals surface area contributed by atoms with Crippen molar-refractivity contribution in [1.82, 2.24) is 9.29 Å². The monoisotopic (exact) mass is 564 g/mol. The number of pyridine rings is 1. The average Bonchev–Trinajstić information content (AvgIpc) is 3.27. The lowest BCUT2D eigenvalue weighted by atomic mass is 10.1. The van der Waals surface area contributed by atoms with Crippen LogP contribution in [0.4, 0.5) is 20.6 Å². The first-order valence-corrected chi connectivity index (χ1v) is 13.6. The zero-order valence-electron chi connectivity index (χ0n) is 19.8. The van der Waals surface area contributed by atoms with Crippen molar-refractivity contribution in [1.29, 1.82) is 0 Å². The van der Waals surface area contributed by atoms with Crippen molar-refractivity contribution in [2.24, 2.45) is 0 Å². The summed E-state index contributed by atoms with van der Waals surface area (Å²) in [6.07, 6.45) is 1.24. The van der Waals surface area contributed by atoms with Gasteiger partial charge in [-0.2, -0.15) is 0 Å². The lowest BCUT2D eigenvalue weighted by Crippen LogP contribution is -2.34. The van der Waals surface area contributed by atoms with Crippen molar-refractivity contribution in [3.05, 3.63) is 75.2 Å². The molecule has 2 aromatic carbocycles. The maximum atomic E-state index is 14.3. The van der Waals surface area contributed by atoms with Gasteiger partial charge in [-0.15, -0.1) is 11.3 Å². The summed E-state index contributed by atoms with van der Waals surface area (Å²) in [5.74, 6) is -0.359. The van der Waals surface area contributed by atoms with E-state index in [1.54, 1.807) is 45.3 Å². The Morgan fingerprint density at radius 1 is 1.11 bits per heavy atom. The second-order valence-corrected chi connectivity index (χ2v) is 11.7. The quantitative estimate of drug-likeness (QED) is 0.284. The molecule has 3 N–H and O–H groups in total. The molecule has 0 saturated carbocycles. The van der Waals surface area contributed by atoms with Crippen LogP contribution in [0.5, 0.6) is 5.75 Å². The molecule has 9 nitrogen and oxygen atoms in total. The van der Waals surface area contributed by atoms with Gasteiger partial charge in [0.2, 0.25) is 0 Å². The Morgan fingerprint density at radius 2 is 1.86 bits per heavy atom. The van der Waals surface area contributed by atoms with Crippen LogP contribution in [0.25, 0.3) is 16.5 Å². The Hall–Kier alpha value is -3.61. The molecule has 0 spiro atoms. The Bertz CT molecular complexity index is 1670. The lowest BCUT2D eigenvalue weighted by Gasteiger charge is -2.17. The molecule has 2 aromatic heterocycles. The Labute approximate surface area is 220 Å². The average molecular weight is 565 g/mol. The van der Waals surface area contributed by atoms with E-state index in [1.807, 2.05) is 4.72 Å². The van der Waals surface area contributed by atoms with Crippen molar-refractivity contribution < 1.29 is 22.3 Å². The number of halogens is 2. The molecular formula is C24H22ClFN4O5S2. The van der Waals surface area contributed by atoms with Gasteiger partial charge in [-0.3, -0.25) is 9.36 Å². The van der Waals surface area contributed by atoms with Gasteiger partial charge in [0.25, 0.3) is 15.6 Å². The number of nitrogens with zero attached hydrogens (tertiary/aromatic N) is 1. The third-order valence-corrected chi connectivity index (χ3v) is 8.21. The summed E-state index contributed by atoms with van der Waals surface area (Å²) in [5.41, 5.74) is 0.393. The maximum absolute atomic E-state index is 14.3. The number of rotatable bonds is 7. The molecule has 0 unspecified atom stereocenters. The zero-order valence-corrected chi connectivity index (χ0v) is 22.2. The molecule has 4 rings (SSSR count). The van der Waals surface area contributed by atoms with Gasteiger partial charge in [0, 0.05) is 19.3 Å². The van der Waals surface area contributed by atoms with E-state index in [4.69, 9.17) is 16.3 Å². The SMILES string of the molecule is CNc1cc2ccn(-c3ccc(NC(=O)NS(=O)(=O)c4ccc(Cl)s4)c(OC(C)C)c3)c(=O)c2cc1F. The van der Waals surface area contributed by atoms with Gasteiger partial charge in [-0.1, -0.05) is 11.6 Å². The normalized spacial score (nSPS) is 11.5. The summed E-state index contributed by atoms with van der Waals surface area (Å²) < 4.78 is 48.4. The Kier molecular flexibility index (Phi) is 7.44. The summed E-state index contributed by atoms with van der Waals surface area (Å²) in [7, 11) is -2.54. The molecule has 0 saturated heterocycles. The van der Waals surface area contributed by atoms with Gasteiger partial charge in [0.1, 0.15) is 15.8 Å². The molecule has 37 heavy (non-hydrogen) atoms. The number of benzene rings is 2. The smallest absolute Gasteiger partial charge is 0.333 e. The number of amides is 2. The molecule has 0 aliphatic heterocycles. The molecule has 194 valence electrons. The first-order valence-electron chi connectivity index (χ1n) is 10.9. The number of carbonyl (C=O) groups excluding carboxylic acids is 1. The third-order valence-electron chi connectivity index (χ3n) is 5.16. The fraction of sp³-hybridized carbons (Fsp3) is 0.167. The first-order chi connectivity index (χ1) is 17.5. The number of sulfonamides is 1. The van der Waals surface area contributed by atoms with Crippen LogP contribution in [0.2, 0.25) is 4.34 Å². The molecule has 13 heteroatoms. The fourth-order valence-electron chi connectivity index (χ4n) is 3.54. The summed E-state index contributed by atoms with van der Waals surface area (Å²) >= 11 is 6.61. The van der Waals surface area contributed by atoms with Crippen molar-refractivity contribution >= 4 is 61.1 Å². The molecule has 2 heterocycles. The molecule has 4 aromatic rings. The van der Waals surface area contributed by atoms with Crippen molar-refractivity contribution in [3.8, 4) is 11.4 Å². The molecule has 0 fully saturated rings. The van der Waals surface area contributed by atoms with Gasteiger partial charge >= 0.3 is 6.03 Å². The Balaban J connectivity index is 1.67. The number of urea groups is 1. The topological polar surface area (TPSA) is 119 Å². The van der Waals surface area contributed by atoms with E-state index in [0.29, 0.717) is 11.1 Å². The highest BCUT2D eigenvalue weighted by molar-refractivity contribution is 7.92. The van der Waals surface area contributed by atoms with Crippen LogP contribution >= 0.6 is 22.9 Å². The van der Waals surface area contributed by atoms with E-state index in [0.717, 1.165) is 11.3 Å². The van der Waals surface area contributed by atoms with E-state index in [-0.39, 0.29) is 37.2 Å². The second kappa shape index (κ2) is 10.4. The predicted molar refractivity (Wildman–Crippen MR) is 143 cm³/mol. The maximum Gasteiger partial charge on any atom is 0.333 e.